The van der Waals surface area contributed by atoms with Gasteiger partial charge in [0.05, 0.1) is 24.8 Å². The number of hydrogen-bond donors (Lipinski definition) is 0. The number of anilines is 2. The number of allylic oxidation sites excluding steroid dienone is 1. The highest BCUT2D eigenvalue weighted by atomic mass is 32.1. The summed E-state index contributed by atoms with van der Waals surface area (Å²) in [5, 5.41) is 16.6. The number of carbonyl (C=O) groups is 1. The van der Waals surface area contributed by atoms with E-state index in [1.54, 1.807) is 24.1 Å². The SMILES string of the molecule is CN(c1nc(-c2ccc(F)cc2)c(C#N)s1)c1c(CCOCc2ccccc2)nc2sc([C@@H]3CC(OC(=O)N(C)C(C)(C)C)N4CCC=C34)nn12. The van der Waals surface area contributed by atoms with Gasteiger partial charge in [0.1, 0.15) is 27.5 Å². The molecule has 0 spiro atoms. The third-order valence-corrected chi connectivity index (χ3v) is 11.4. The fraction of sp³-hybridized carbons (Fsp3) is 0.378. The molecule has 11 nitrogen and oxygen atoms in total. The first-order valence-electron chi connectivity index (χ1n) is 16.8. The smallest absolute Gasteiger partial charge is 0.411 e. The fourth-order valence-corrected chi connectivity index (χ4v) is 8.19. The molecule has 264 valence electrons. The normalized spacial score (nSPS) is 17.0. The first-order chi connectivity index (χ1) is 24.5. The van der Waals surface area contributed by atoms with E-state index in [-0.39, 0.29) is 29.6 Å². The van der Waals surface area contributed by atoms with Crippen molar-refractivity contribution in [1.29, 1.82) is 5.26 Å². The van der Waals surface area contributed by atoms with Crippen LogP contribution in [0.4, 0.5) is 20.1 Å². The minimum Gasteiger partial charge on any atom is -0.425 e. The van der Waals surface area contributed by atoms with Crippen LogP contribution in [-0.4, -0.2) is 74.5 Å². The molecule has 0 saturated carbocycles. The first kappa shape index (κ1) is 34.6. The van der Waals surface area contributed by atoms with Crippen molar-refractivity contribution in [2.75, 3.05) is 32.1 Å². The minimum atomic E-state index is -0.388. The lowest BCUT2D eigenvalue weighted by molar-refractivity contribution is -0.00243. The molecule has 2 aliphatic heterocycles. The summed E-state index contributed by atoms with van der Waals surface area (Å²) >= 11 is 2.78. The summed E-state index contributed by atoms with van der Waals surface area (Å²) in [5.74, 6) is 0.318. The number of benzene rings is 2. The average Bonchev–Trinajstić information content (AvgIpc) is 3.94. The van der Waals surface area contributed by atoms with Crippen LogP contribution in [0.2, 0.25) is 0 Å². The molecule has 0 aliphatic carbocycles. The Bertz CT molecular complexity index is 2110. The molecule has 0 radical (unpaired) electrons. The molecular weight excluding hydrogens is 688 g/mol. The number of imidazole rings is 1. The summed E-state index contributed by atoms with van der Waals surface area (Å²) in [6.45, 7) is 7.65. The Labute approximate surface area is 304 Å². The fourth-order valence-electron chi connectivity index (χ4n) is 6.30. The van der Waals surface area contributed by atoms with E-state index < -0.39 is 0 Å². The molecule has 0 bridgehead atoms. The lowest BCUT2D eigenvalue weighted by Crippen LogP contribution is -2.45. The van der Waals surface area contributed by atoms with Gasteiger partial charge in [-0.3, -0.25) is 0 Å². The number of nitriles is 1. The van der Waals surface area contributed by atoms with Gasteiger partial charge in [-0.05, 0) is 57.0 Å². The van der Waals surface area contributed by atoms with E-state index in [2.05, 4.69) is 17.0 Å². The molecule has 5 aromatic rings. The second-order valence-corrected chi connectivity index (χ2v) is 15.6. The zero-order valence-corrected chi connectivity index (χ0v) is 30.8. The van der Waals surface area contributed by atoms with Crippen molar-refractivity contribution >= 4 is 44.7 Å². The van der Waals surface area contributed by atoms with E-state index in [4.69, 9.17) is 24.5 Å². The van der Waals surface area contributed by atoms with Gasteiger partial charge >= 0.3 is 6.09 Å². The minimum absolute atomic E-state index is 0.0529. The second-order valence-electron chi connectivity index (χ2n) is 13.6. The Kier molecular flexibility index (Phi) is 9.54. The molecule has 2 atom stereocenters. The Hall–Kier alpha value is -4.84. The number of amides is 1. The zero-order valence-electron chi connectivity index (χ0n) is 29.2. The maximum absolute atomic E-state index is 13.7. The standard InChI is InChI=1S/C37H39FN8O3S2/c1-37(2,3)44(5)36(47)49-30-20-26(28-12-9-18-45(28)30)32-42-46-33(27(40-35(46)51-32)17-19-48-22-23-10-7-6-8-11-23)43(4)34-41-31(29(21-39)50-34)24-13-15-25(38)16-14-24/h6-8,10-16,26,30H,9,17-20,22H2,1-5H3/t26-,30?/m1/s1. The number of hydrogen-bond acceptors (Lipinski definition) is 11. The molecule has 14 heteroatoms. The number of halogens is 1. The lowest BCUT2D eigenvalue weighted by atomic mass is 10.1. The van der Waals surface area contributed by atoms with Crippen LogP contribution in [0.3, 0.4) is 0 Å². The van der Waals surface area contributed by atoms with Gasteiger partial charge in [-0.15, -0.1) is 0 Å². The van der Waals surface area contributed by atoms with Crippen molar-refractivity contribution < 1.29 is 18.7 Å². The van der Waals surface area contributed by atoms with Gasteiger partial charge in [-0.1, -0.05) is 59.1 Å². The predicted molar refractivity (Wildman–Crippen MR) is 196 cm³/mol. The highest BCUT2D eigenvalue weighted by molar-refractivity contribution is 7.17. The number of fused-ring (bicyclic) bond motifs is 2. The molecule has 0 N–H and O–H groups in total. The number of carbonyl (C=O) groups excluding carboxylic acids is 1. The van der Waals surface area contributed by atoms with Crippen LogP contribution >= 0.6 is 22.7 Å². The molecule has 1 unspecified atom stereocenters. The second kappa shape index (κ2) is 14.1. The van der Waals surface area contributed by atoms with Crippen LogP contribution in [-0.2, 0) is 22.5 Å². The van der Waals surface area contributed by atoms with Crippen LogP contribution in [0.25, 0.3) is 16.2 Å². The molecule has 2 aromatic carbocycles. The average molecular weight is 727 g/mol. The third-order valence-electron chi connectivity index (χ3n) is 9.31. The van der Waals surface area contributed by atoms with Crippen molar-refractivity contribution in [3.63, 3.8) is 0 Å². The van der Waals surface area contributed by atoms with Crippen LogP contribution in [0.15, 0.2) is 66.4 Å². The van der Waals surface area contributed by atoms with E-state index in [0.717, 1.165) is 45.7 Å². The highest BCUT2D eigenvalue weighted by Crippen LogP contribution is 2.46. The van der Waals surface area contributed by atoms with E-state index >= 15 is 0 Å². The van der Waals surface area contributed by atoms with Gasteiger partial charge in [-0.2, -0.15) is 14.9 Å². The Morgan fingerprint density at radius 2 is 1.86 bits per heavy atom. The van der Waals surface area contributed by atoms with Crippen molar-refractivity contribution in [3.05, 3.63) is 93.3 Å². The molecule has 7 rings (SSSR count). The Morgan fingerprint density at radius 3 is 2.59 bits per heavy atom. The van der Waals surface area contributed by atoms with Crippen molar-refractivity contribution in [1.82, 2.24) is 29.4 Å². The molecule has 51 heavy (non-hydrogen) atoms. The number of nitrogens with zero attached hydrogens (tertiary/aromatic N) is 8. The van der Waals surface area contributed by atoms with Gasteiger partial charge in [0.25, 0.3) is 0 Å². The predicted octanol–water partition coefficient (Wildman–Crippen LogP) is 7.72. The van der Waals surface area contributed by atoms with Gasteiger partial charge < -0.3 is 24.2 Å². The summed E-state index contributed by atoms with van der Waals surface area (Å²) in [4.78, 5) is 29.9. The van der Waals surface area contributed by atoms with Gasteiger partial charge in [-0.25, -0.2) is 19.2 Å². The highest BCUT2D eigenvalue weighted by Gasteiger charge is 2.43. The first-order valence-corrected chi connectivity index (χ1v) is 18.5. The van der Waals surface area contributed by atoms with Crippen LogP contribution in [0.5, 0.6) is 0 Å². The van der Waals surface area contributed by atoms with Crippen molar-refractivity contribution in [2.24, 2.45) is 0 Å². The largest absolute Gasteiger partial charge is 0.425 e. The van der Waals surface area contributed by atoms with Crippen LogP contribution in [0, 0.1) is 17.1 Å². The Balaban J connectivity index is 1.20. The quantitative estimate of drug-likeness (QED) is 0.134. The molecule has 1 saturated heterocycles. The summed E-state index contributed by atoms with van der Waals surface area (Å²) in [5.41, 5.74) is 3.79. The van der Waals surface area contributed by atoms with Crippen molar-refractivity contribution in [2.45, 2.75) is 64.3 Å². The summed E-state index contributed by atoms with van der Waals surface area (Å²) in [6.07, 6.45) is 3.48. The van der Waals surface area contributed by atoms with Crippen molar-refractivity contribution in [3.8, 4) is 17.3 Å². The monoisotopic (exact) mass is 726 g/mol. The maximum atomic E-state index is 13.7. The molecule has 2 aliphatic rings. The van der Waals surface area contributed by atoms with Crippen LogP contribution in [0.1, 0.15) is 60.7 Å². The maximum Gasteiger partial charge on any atom is 0.411 e. The number of ether oxygens (including phenoxy) is 2. The van der Waals surface area contributed by atoms with E-state index in [1.807, 2.05) is 67.6 Å². The zero-order chi connectivity index (χ0) is 35.9. The third kappa shape index (κ3) is 6.93. The molecule has 1 fully saturated rings. The topological polar surface area (TPSA) is 112 Å². The Morgan fingerprint density at radius 1 is 1.10 bits per heavy atom. The molecule has 5 heterocycles. The number of rotatable bonds is 10. The van der Waals surface area contributed by atoms with Gasteiger partial charge in [0, 0.05) is 50.3 Å². The van der Waals surface area contributed by atoms with E-state index in [0.29, 0.717) is 47.3 Å². The van der Waals surface area contributed by atoms with Gasteiger partial charge in [0.2, 0.25) is 4.96 Å². The van der Waals surface area contributed by atoms with Gasteiger partial charge in [0.15, 0.2) is 17.2 Å². The molecule has 1 amide bonds. The summed E-state index contributed by atoms with van der Waals surface area (Å²) < 4.78 is 27.7. The molecule has 3 aromatic heterocycles. The van der Waals surface area contributed by atoms with E-state index in [1.165, 1.54) is 34.8 Å². The van der Waals surface area contributed by atoms with E-state index in [9.17, 15) is 14.4 Å². The van der Waals surface area contributed by atoms with Crippen LogP contribution < -0.4 is 4.90 Å². The lowest BCUT2D eigenvalue weighted by Gasteiger charge is -2.33. The number of thiazole rings is 1. The summed E-state index contributed by atoms with van der Waals surface area (Å²) in [6, 6.07) is 18.3. The number of aromatic nitrogens is 4. The summed E-state index contributed by atoms with van der Waals surface area (Å²) in [7, 11) is 3.65. The molecular formula is C37H39FN8O3S2.